The SMILES string of the molecule is c1ccc(-c2c3ccccc3c(-c3cccc4c(-n5c6ccc7ccccc7c6c6c7ccccc7ccc65)cccc34)c3ccc(-c4c5ccccc5cc5ccccc45)cc23)cc1. The van der Waals surface area contributed by atoms with Crippen molar-refractivity contribution in [1.29, 1.82) is 0 Å². The van der Waals surface area contributed by atoms with Crippen molar-refractivity contribution in [2.24, 2.45) is 0 Å². The van der Waals surface area contributed by atoms with Gasteiger partial charge in [-0.1, -0.05) is 206 Å². The number of benzene rings is 13. The van der Waals surface area contributed by atoms with Crippen molar-refractivity contribution in [2.75, 3.05) is 0 Å². The van der Waals surface area contributed by atoms with E-state index in [4.69, 9.17) is 0 Å². The van der Waals surface area contributed by atoms with Gasteiger partial charge in [-0.25, -0.2) is 0 Å². The van der Waals surface area contributed by atoms with Crippen LogP contribution in [0, 0.1) is 0 Å². The fourth-order valence-electron chi connectivity index (χ4n) is 11.4. The second-order valence-electron chi connectivity index (χ2n) is 17.5. The lowest BCUT2D eigenvalue weighted by molar-refractivity contribution is 1.20. The number of hydrogen-bond acceptors (Lipinski definition) is 0. The van der Waals surface area contributed by atoms with Gasteiger partial charge in [0.15, 0.2) is 0 Å². The Balaban J connectivity index is 1.09. The van der Waals surface area contributed by atoms with E-state index in [2.05, 4.69) is 241 Å². The van der Waals surface area contributed by atoms with Crippen LogP contribution in [0.5, 0.6) is 0 Å². The third-order valence-corrected chi connectivity index (χ3v) is 14.1. The molecule has 0 aliphatic carbocycles. The Labute approximate surface area is 375 Å². The average Bonchev–Trinajstić information content (AvgIpc) is 3.72. The van der Waals surface area contributed by atoms with Crippen LogP contribution < -0.4 is 0 Å². The summed E-state index contributed by atoms with van der Waals surface area (Å²) in [5.74, 6) is 0. The van der Waals surface area contributed by atoms with Crippen LogP contribution in [0.4, 0.5) is 0 Å². The minimum Gasteiger partial charge on any atom is -0.309 e. The van der Waals surface area contributed by atoms with Crippen LogP contribution in [0.15, 0.2) is 237 Å². The second-order valence-corrected chi connectivity index (χ2v) is 17.5. The van der Waals surface area contributed by atoms with E-state index < -0.39 is 0 Å². The molecular formula is C64H39N. The molecule has 0 aliphatic rings. The third kappa shape index (κ3) is 5.27. The molecule has 0 N–H and O–H groups in total. The summed E-state index contributed by atoms with van der Waals surface area (Å²) in [5.41, 5.74) is 11.1. The van der Waals surface area contributed by atoms with E-state index in [1.54, 1.807) is 0 Å². The molecule has 14 rings (SSSR count). The summed E-state index contributed by atoms with van der Waals surface area (Å²) < 4.78 is 2.52. The lowest BCUT2D eigenvalue weighted by atomic mass is 9.83. The Morgan fingerprint density at radius 3 is 1.35 bits per heavy atom. The molecular weight excluding hydrogens is 783 g/mol. The van der Waals surface area contributed by atoms with Gasteiger partial charge in [-0.2, -0.15) is 0 Å². The first kappa shape index (κ1) is 36.0. The van der Waals surface area contributed by atoms with E-state index in [9.17, 15) is 0 Å². The number of aromatic nitrogens is 1. The van der Waals surface area contributed by atoms with Crippen LogP contribution in [0.25, 0.3) is 136 Å². The fourth-order valence-corrected chi connectivity index (χ4v) is 11.4. The van der Waals surface area contributed by atoms with Gasteiger partial charge in [-0.05, 0) is 134 Å². The summed E-state index contributed by atoms with van der Waals surface area (Å²) in [7, 11) is 0. The van der Waals surface area contributed by atoms with Gasteiger partial charge in [0, 0.05) is 16.2 Å². The predicted molar refractivity (Wildman–Crippen MR) is 280 cm³/mol. The van der Waals surface area contributed by atoms with Crippen molar-refractivity contribution in [3.8, 4) is 39.1 Å². The Kier molecular flexibility index (Phi) is 7.75. The van der Waals surface area contributed by atoms with Crippen molar-refractivity contribution in [2.45, 2.75) is 0 Å². The normalized spacial score (nSPS) is 12.0. The zero-order valence-corrected chi connectivity index (χ0v) is 35.5. The molecule has 0 aliphatic heterocycles. The van der Waals surface area contributed by atoms with Crippen molar-refractivity contribution >= 4 is 97.2 Å². The van der Waals surface area contributed by atoms with E-state index in [1.807, 2.05) is 0 Å². The highest BCUT2D eigenvalue weighted by Crippen LogP contribution is 2.49. The number of hydrogen-bond donors (Lipinski definition) is 0. The topological polar surface area (TPSA) is 4.93 Å². The van der Waals surface area contributed by atoms with Gasteiger partial charge in [0.25, 0.3) is 0 Å². The van der Waals surface area contributed by atoms with Crippen molar-refractivity contribution in [3.05, 3.63) is 237 Å². The molecule has 0 bridgehead atoms. The van der Waals surface area contributed by atoms with Gasteiger partial charge in [-0.15, -0.1) is 0 Å². The Morgan fingerprint density at radius 1 is 0.231 bits per heavy atom. The molecule has 1 aromatic heterocycles. The molecule has 0 spiro atoms. The van der Waals surface area contributed by atoms with Gasteiger partial charge in [0.05, 0.1) is 16.7 Å². The molecule has 300 valence electrons. The van der Waals surface area contributed by atoms with Crippen LogP contribution >= 0.6 is 0 Å². The predicted octanol–water partition coefficient (Wildman–Crippen LogP) is 17.9. The van der Waals surface area contributed by atoms with Crippen LogP contribution in [0.2, 0.25) is 0 Å². The van der Waals surface area contributed by atoms with Gasteiger partial charge < -0.3 is 4.57 Å². The van der Waals surface area contributed by atoms with Crippen molar-refractivity contribution in [1.82, 2.24) is 4.57 Å². The molecule has 1 nitrogen and oxygen atoms in total. The standard InChI is InChI=1S/C64H39N/c1-2-18-42(19-3-1)60-53-26-12-13-27-54(53)62(55-35-32-45(39-56(55)60)61-48-24-10-6-20-43(48)38-44-21-7-11-25-49(44)61)52-30-14-29-51-50(52)28-15-31-57(51)65-58-36-33-40-16-4-8-22-46(40)63(58)64-47-23-9-5-17-41(47)34-37-59(64)65/h1-39H. The molecule has 13 aromatic carbocycles. The van der Waals surface area contributed by atoms with E-state index in [-0.39, 0.29) is 0 Å². The summed E-state index contributed by atoms with van der Waals surface area (Å²) in [6.07, 6.45) is 0. The Bertz CT molecular complexity index is 4140. The highest BCUT2D eigenvalue weighted by molar-refractivity contribution is 6.30. The molecule has 0 saturated carbocycles. The van der Waals surface area contributed by atoms with Crippen LogP contribution in [-0.4, -0.2) is 4.57 Å². The molecule has 65 heavy (non-hydrogen) atoms. The maximum Gasteiger partial charge on any atom is 0.0548 e. The molecule has 1 heteroatoms. The summed E-state index contributed by atoms with van der Waals surface area (Å²) in [5, 5.41) is 20.1. The van der Waals surface area contributed by atoms with Gasteiger partial charge in [0.1, 0.15) is 0 Å². The molecule has 0 unspecified atom stereocenters. The quantitative estimate of drug-likeness (QED) is 0.156. The van der Waals surface area contributed by atoms with Crippen molar-refractivity contribution < 1.29 is 0 Å². The summed E-state index contributed by atoms with van der Waals surface area (Å²) in [4.78, 5) is 0. The van der Waals surface area contributed by atoms with Crippen LogP contribution in [0.1, 0.15) is 0 Å². The van der Waals surface area contributed by atoms with Gasteiger partial charge >= 0.3 is 0 Å². The third-order valence-electron chi connectivity index (χ3n) is 14.1. The van der Waals surface area contributed by atoms with Gasteiger partial charge in [0.2, 0.25) is 0 Å². The molecule has 0 radical (unpaired) electrons. The van der Waals surface area contributed by atoms with Crippen molar-refractivity contribution in [3.63, 3.8) is 0 Å². The average molecular weight is 822 g/mol. The maximum absolute atomic E-state index is 2.52. The molecule has 0 atom stereocenters. The summed E-state index contributed by atoms with van der Waals surface area (Å²) in [6, 6.07) is 88.0. The fraction of sp³-hybridized carbons (Fsp3) is 0. The largest absolute Gasteiger partial charge is 0.309 e. The van der Waals surface area contributed by atoms with Crippen LogP contribution in [0.3, 0.4) is 0 Å². The minimum atomic E-state index is 1.18. The highest BCUT2D eigenvalue weighted by atomic mass is 15.0. The second kappa shape index (κ2) is 14.0. The number of fused-ring (bicyclic) bond motifs is 12. The number of nitrogens with zero attached hydrogens (tertiary/aromatic N) is 1. The lowest BCUT2D eigenvalue weighted by Gasteiger charge is -2.21. The highest BCUT2D eigenvalue weighted by Gasteiger charge is 2.22. The maximum atomic E-state index is 2.52. The first-order valence-corrected chi connectivity index (χ1v) is 22.6. The summed E-state index contributed by atoms with van der Waals surface area (Å²) >= 11 is 0. The van der Waals surface area contributed by atoms with Gasteiger partial charge in [-0.3, -0.25) is 0 Å². The Hall–Kier alpha value is -8.52. The first-order chi connectivity index (χ1) is 32.3. The van der Waals surface area contributed by atoms with E-state index in [0.29, 0.717) is 0 Å². The summed E-state index contributed by atoms with van der Waals surface area (Å²) in [6.45, 7) is 0. The minimum absolute atomic E-state index is 1.18. The van der Waals surface area contributed by atoms with E-state index >= 15 is 0 Å². The Morgan fingerprint density at radius 2 is 0.708 bits per heavy atom. The number of rotatable bonds is 4. The molecule has 0 amide bonds. The molecule has 0 saturated heterocycles. The zero-order chi connectivity index (χ0) is 42.6. The monoisotopic (exact) mass is 821 g/mol. The molecule has 14 aromatic rings. The first-order valence-electron chi connectivity index (χ1n) is 22.6. The van der Waals surface area contributed by atoms with E-state index in [1.165, 1.54) is 136 Å². The van der Waals surface area contributed by atoms with E-state index in [0.717, 1.165) is 0 Å². The zero-order valence-electron chi connectivity index (χ0n) is 35.5. The van der Waals surface area contributed by atoms with Crippen LogP contribution in [-0.2, 0) is 0 Å². The lowest BCUT2D eigenvalue weighted by Crippen LogP contribution is -1.97. The molecule has 0 fully saturated rings. The molecule has 1 heterocycles. The smallest absolute Gasteiger partial charge is 0.0548 e.